The molecule has 3 rings (SSSR count). The lowest BCUT2D eigenvalue weighted by Gasteiger charge is -2.26. The molecule has 2 heterocycles. The van der Waals surface area contributed by atoms with Crippen molar-refractivity contribution in [1.82, 2.24) is 14.9 Å². The number of allylic oxidation sites excluding steroid dienone is 2. The van der Waals surface area contributed by atoms with Gasteiger partial charge in [0, 0.05) is 18.2 Å². The summed E-state index contributed by atoms with van der Waals surface area (Å²) in [4.78, 5) is 4.72. The molecule has 1 aliphatic heterocycles. The molecule has 1 aliphatic rings. The summed E-state index contributed by atoms with van der Waals surface area (Å²) in [6.07, 6.45) is 6.65. The van der Waals surface area contributed by atoms with Crippen LogP contribution in [0.1, 0.15) is 38.4 Å². The van der Waals surface area contributed by atoms with E-state index in [1.54, 1.807) is 0 Å². The minimum absolute atomic E-state index is 0.508. The first kappa shape index (κ1) is 14.1. The van der Waals surface area contributed by atoms with Crippen molar-refractivity contribution in [3.05, 3.63) is 48.4 Å². The fourth-order valence-electron chi connectivity index (χ4n) is 3.04. The first-order valence-corrected chi connectivity index (χ1v) is 7.77. The van der Waals surface area contributed by atoms with Crippen molar-refractivity contribution in [3.63, 3.8) is 0 Å². The molecular weight excluding hydrogens is 258 g/mol. The van der Waals surface area contributed by atoms with E-state index in [0.29, 0.717) is 6.04 Å². The van der Waals surface area contributed by atoms with Crippen LogP contribution in [0.3, 0.4) is 0 Å². The Kier molecular flexibility index (Phi) is 4.20. The number of hydrogen-bond acceptors (Lipinski definition) is 2. The molecule has 1 unspecified atom stereocenters. The van der Waals surface area contributed by atoms with Gasteiger partial charge in [-0.1, -0.05) is 36.4 Å². The van der Waals surface area contributed by atoms with E-state index in [-0.39, 0.29) is 0 Å². The lowest BCUT2D eigenvalue weighted by Crippen LogP contribution is -2.32. The number of nitrogens with one attached hydrogen (secondary N) is 1. The van der Waals surface area contributed by atoms with Gasteiger partial charge in [-0.3, -0.25) is 0 Å². The highest BCUT2D eigenvalue weighted by Gasteiger charge is 2.21. The Bertz CT molecular complexity index is 619. The average molecular weight is 281 g/mol. The van der Waals surface area contributed by atoms with Crippen LogP contribution in [0.5, 0.6) is 0 Å². The molecule has 1 aromatic heterocycles. The maximum absolute atomic E-state index is 4.72. The standard InChI is InChI=1S/C18H23N3/c1-3-14(2)18-17(15-8-5-4-6-9-15)20-13-21(18)16-10-7-11-19-12-16/h3-6,8-9,13,16,19H,7,10-12H2,1-2H3/b14-3+. The molecule has 0 bridgehead atoms. The van der Waals surface area contributed by atoms with Crippen molar-refractivity contribution in [1.29, 1.82) is 0 Å². The van der Waals surface area contributed by atoms with Crippen molar-refractivity contribution in [2.75, 3.05) is 13.1 Å². The van der Waals surface area contributed by atoms with Crippen LogP contribution in [0.25, 0.3) is 16.8 Å². The molecule has 1 aromatic carbocycles. The Morgan fingerprint density at radius 1 is 1.33 bits per heavy atom. The van der Waals surface area contributed by atoms with E-state index in [4.69, 9.17) is 4.98 Å². The number of hydrogen-bond donors (Lipinski definition) is 1. The van der Waals surface area contributed by atoms with Gasteiger partial charge in [0.2, 0.25) is 0 Å². The summed E-state index contributed by atoms with van der Waals surface area (Å²) in [5.74, 6) is 0. The molecule has 3 nitrogen and oxygen atoms in total. The highest BCUT2D eigenvalue weighted by atomic mass is 15.1. The van der Waals surface area contributed by atoms with Gasteiger partial charge in [-0.05, 0) is 38.8 Å². The maximum atomic E-state index is 4.72. The SMILES string of the molecule is C/C=C(\C)c1c(-c2ccccc2)ncn1C1CCCNC1. The summed E-state index contributed by atoms with van der Waals surface area (Å²) < 4.78 is 2.36. The van der Waals surface area contributed by atoms with E-state index < -0.39 is 0 Å². The zero-order valence-electron chi connectivity index (χ0n) is 12.8. The van der Waals surface area contributed by atoms with Crippen LogP contribution < -0.4 is 5.32 Å². The summed E-state index contributed by atoms with van der Waals surface area (Å²) in [6, 6.07) is 11.0. The predicted octanol–water partition coefficient (Wildman–Crippen LogP) is 3.90. The van der Waals surface area contributed by atoms with E-state index in [1.807, 2.05) is 12.4 Å². The van der Waals surface area contributed by atoms with Crippen LogP contribution in [-0.2, 0) is 0 Å². The molecule has 0 amide bonds. The molecule has 1 fully saturated rings. The Balaban J connectivity index is 2.07. The Morgan fingerprint density at radius 3 is 2.81 bits per heavy atom. The summed E-state index contributed by atoms with van der Waals surface area (Å²) in [7, 11) is 0. The molecule has 1 saturated heterocycles. The van der Waals surface area contributed by atoms with Crippen LogP contribution >= 0.6 is 0 Å². The topological polar surface area (TPSA) is 29.9 Å². The lowest BCUT2D eigenvalue weighted by molar-refractivity contribution is 0.369. The van der Waals surface area contributed by atoms with Crippen LogP contribution in [-0.4, -0.2) is 22.6 Å². The Morgan fingerprint density at radius 2 is 2.14 bits per heavy atom. The second-order valence-electron chi connectivity index (χ2n) is 5.69. The largest absolute Gasteiger partial charge is 0.326 e. The van der Waals surface area contributed by atoms with Gasteiger partial charge >= 0.3 is 0 Å². The third-order valence-corrected chi connectivity index (χ3v) is 4.31. The smallest absolute Gasteiger partial charge is 0.0961 e. The van der Waals surface area contributed by atoms with Crippen molar-refractivity contribution in [3.8, 4) is 11.3 Å². The number of benzene rings is 1. The number of nitrogens with zero attached hydrogens (tertiary/aromatic N) is 2. The number of imidazole rings is 1. The van der Waals surface area contributed by atoms with Gasteiger partial charge in [0.25, 0.3) is 0 Å². The molecule has 110 valence electrons. The van der Waals surface area contributed by atoms with Crippen LogP contribution in [0.2, 0.25) is 0 Å². The molecule has 0 radical (unpaired) electrons. The maximum Gasteiger partial charge on any atom is 0.0961 e. The lowest BCUT2D eigenvalue weighted by atomic mass is 10.0. The van der Waals surface area contributed by atoms with Gasteiger partial charge in [0.1, 0.15) is 0 Å². The quantitative estimate of drug-likeness (QED) is 0.924. The molecule has 21 heavy (non-hydrogen) atoms. The van der Waals surface area contributed by atoms with E-state index in [0.717, 1.165) is 18.8 Å². The van der Waals surface area contributed by atoms with Gasteiger partial charge in [-0.2, -0.15) is 0 Å². The van der Waals surface area contributed by atoms with Gasteiger partial charge in [0.15, 0.2) is 0 Å². The van der Waals surface area contributed by atoms with Crippen LogP contribution in [0.15, 0.2) is 42.7 Å². The zero-order chi connectivity index (χ0) is 14.7. The van der Waals surface area contributed by atoms with Crippen molar-refractivity contribution >= 4 is 5.57 Å². The second kappa shape index (κ2) is 6.27. The molecule has 1 atom stereocenters. The minimum atomic E-state index is 0.508. The molecule has 0 spiro atoms. The van der Waals surface area contributed by atoms with Crippen molar-refractivity contribution in [2.24, 2.45) is 0 Å². The van der Waals surface area contributed by atoms with E-state index in [9.17, 15) is 0 Å². The van der Waals surface area contributed by atoms with Crippen molar-refractivity contribution in [2.45, 2.75) is 32.7 Å². The first-order chi connectivity index (χ1) is 10.3. The molecule has 0 aliphatic carbocycles. The van der Waals surface area contributed by atoms with E-state index >= 15 is 0 Å². The average Bonchev–Trinajstić information content (AvgIpc) is 3.00. The summed E-state index contributed by atoms with van der Waals surface area (Å²) >= 11 is 0. The molecule has 0 saturated carbocycles. The highest BCUT2D eigenvalue weighted by molar-refractivity contribution is 5.76. The molecule has 1 N–H and O–H groups in total. The fraction of sp³-hybridized carbons (Fsp3) is 0.389. The van der Waals surface area contributed by atoms with Gasteiger partial charge in [0.05, 0.1) is 17.7 Å². The molecule has 3 heteroatoms. The van der Waals surface area contributed by atoms with Crippen LogP contribution in [0.4, 0.5) is 0 Å². The number of aromatic nitrogens is 2. The van der Waals surface area contributed by atoms with Crippen LogP contribution in [0, 0.1) is 0 Å². The van der Waals surface area contributed by atoms with E-state index in [2.05, 4.69) is 54.1 Å². The van der Waals surface area contributed by atoms with Gasteiger partial charge < -0.3 is 9.88 Å². The molecule has 2 aromatic rings. The van der Waals surface area contributed by atoms with Gasteiger partial charge in [-0.15, -0.1) is 0 Å². The fourth-order valence-corrected chi connectivity index (χ4v) is 3.04. The summed E-state index contributed by atoms with van der Waals surface area (Å²) in [5.41, 5.74) is 4.84. The third-order valence-electron chi connectivity index (χ3n) is 4.31. The number of rotatable bonds is 3. The minimum Gasteiger partial charge on any atom is -0.326 e. The predicted molar refractivity (Wildman–Crippen MR) is 88.1 cm³/mol. The van der Waals surface area contributed by atoms with Gasteiger partial charge in [-0.25, -0.2) is 4.98 Å². The Labute approximate surface area is 126 Å². The zero-order valence-corrected chi connectivity index (χ0v) is 12.8. The number of piperidine rings is 1. The molecular formula is C18H23N3. The van der Waals surface area contributed by atoms with E-state index in [1.165, 1.54) is 29.7 Å². The second-order valence-corrected chi connectivity index (χ2v) is 5.69. The monoisotopic (exact) mass is 281 g/mol. The first-order valence-electron chi connectivity index (χ1n) is 7.77. The summed E-state index contributed by atoms with van der Waals surface area (Å²) in [5, 5.41) is 3.50. The highest BCUT2D eigenvalue weighted by Crippen LogP contribution is 2.31. The van der Waals surface area contributed by atoms with Crippen molar-refractivity contribution < 1.29 is 0 Å². The third kappa shape index (κ3) is 2.79. The Hall–Kier alpha value is -1.87. The summed E-state index contributed by atoms with van der Waals surface area (Å²) in [6.45, 7) is 6.44. The normalized spacial score (nSPS) is 19.7.